The maximum atomic E-state index is 12.2. The topological polar surface area (TPSA) is 57.3 Å². The molecular weight excluding hydrogens is 280 g/mol. The molecule has 4 rings (SSSR count). The van der Waals surface area contributed by atoms with Crippen molar-refractivity contribution in [2.24, 2.45) is 0 Å². The van der Waals surface area contributed by atoms with E-state index in [2.05, 4.69) is 4.98 Å². The van der Waals surface area contributed by atoms with Gasteiger partial charge < -0.3 is 9.25 Å². The first-order chi connectivity index (χ1) is 10.8. The monoisotopic (exact) mass is 292 g/mol. The van der Waals surface area contributed by atoms with E-state index in [1.807, 2.05) is 30.5 Å². The van der Waals surface area contributed by atoms with Gasteiger partial charge in [0.2, 0.25) is 0 Å². The van der Waals surface area contributed by atoms with Crippen LogP contribution in [0.15, 0.2) is 64.1 Å². The lowest BCUT2D eigenvalue weighted by Crippen LogP contribution is -2.03. The van der Waals surface area contributed by atoms with Crippen LogP contribution >= 0.6 is 0 Å². The minimum absolute atomic E-state index is 0.0757. The quantitative estimate of drug-likeness (QED) is 0.570. The van der Waals surface area contributed by atoms with Gasteiger partial charge in [0.05, 0.1) is 11.6 Å². The van der Waals surface area contributed by atoms with Crippen LogP contribution in [0.3, 0.4) is 0 Å². The van der Waals surface area contributed by atoms with Gasteiger partial charge >= 0.3 is 0 Å². The van der Waals surface area contributed by atoms with E-state index in [1.165, 1.54) is 6.07 Å². The van der Waals surface area contributed by atoms with Gasteiger partial charge in [0, 0.05) is 17.6 Å². The Hall–Kier alpha value is -3.08. The van der Waals surface area contributed by atoms with Crippen molar-refractivity contribution in [3.05, 3.63) is 65.1 Å². The molecule has 0 N–H and O–H groups in total. The fourth-order valence-corrected chi connectivity index (χ4v) is 2.53. The molecule has 0 aliphatic heterocycles. The van der Waals surface area contributed by atoms with Gasteiger partial charge in [-0.15, -0.1) is 0 Å². The van der Waals surface area contributed by atoms with E-state index >= 15 is 0 Å². The second-order valence-corrected chi connectivity index (χ2v) is 4.92. The van der Waals surface area contributed by atoms with Crippen LogP contribution in [0.2, 0.25) is 0 Å². The average Bonchev–Trinajstić information content (AvgIpc) is 2.97. The minimum atomic E-state index is -0.0757. The second-order valence-electron chi connectivity index (χ2n) is 4.92. The highest BCUT2D eigenvalue weighted by Gasteiger charge is 2.10. The Kier molecular flexibility index (Phi) is 2.72. The molecule has 0 atom stereocenters. The highest BCUT2D eigenvalue weighted by Crippen LogP contribution is 2.24. The van der Waals surface area contributed by atoms with Crippen LogP contribution < -0.4 is 10.3 Å². The van der Waals surface area contributed by atoms with Crippen LogP contribution in [0.4, 0.5) is 0 Å². The summed E-state index contributed by atoms with van der Waals surface area (Å²) in [7, 11) is 1.59. The zero-order chi connectivity index (χ0) is 15.1. The Morgan fingerprint density at radius 2 is 2.05 bits per heavy atom. The summed E-state index contributed by atoms with van der Waals surface area (Å²) in [5.41, 5.74) is 1.95. The molecule has 5 heteroatoms. The molecule has 0 radical (unpaired) electrons. The Morgan fingerprint density at radius 1 is 1.18 bits per heavy atom. The van der Waals surface area contributed by atoms with Gasteiger partial charge in [-0.05, 0) is 24.3 Å². The Morgan fingerprint density at radius 3 is 2.91 bits per heavy atom. The van der Waals surface area contributed by atoms with Crippen molar-refractivity contribution in [2.45, 2.75) is 0 Å². The van der Waals surface area contributed by atoms with Crippen molar-refractivity contribution in [2.75, 3.05) is 7.11 Å². The molecule has 22 heavy (non-hydrogen) atoms. The molecule has 0 aliphatic rings. The lowest BCUT2D eigenvalue weighted by Gasteiger charge is -2.04. The largest absolute Gasteiger partial charge is 0.454 e. The van der Waals surface area contributed by atoms with Crippen LogP contribution in [0.25, 0.3) is 33.3 Å². The van der Waals surface area contributed by atoms with E-state index in [0.717, 1.165) is 10.9 Å². The molecule has 4 aromatic rings. The summed E-state index contributed by atoms with van der Waals surface area (Å²) < 4.78 is 7.44. The summed E-state index contributed by atoms with van der Waals surface area (Å²) in [6, 6.07) is 12.5. The summed E-state index contributed by atoms with van der Waals surface area (Å²) >= 11 is 0. The molecule has 0 unspecified atom stereocenters. The van der Waals surface area contributed by atoms with Gasteiger partial charge in [-0.3, -0.25) is 9.78 Å². The third-order valence-corrected chi connectivity index (χ3v) is 3.62. The highest BCUT2D eigenvalue weighted by molar-refractivity contribution is 5.83. The zero-order valence-electron chi connectivity index (χ0n) is 11.8. The van der Waals surface area contributed by atoms with Gasteiger partial charge in [0.15, 0.2) is 11.2 Å². The third-order valence-electron chi connectivity index (χ3n) is 3.62. The Balaban J connectivity index is 1.93. The maximum absolute atomic E-state index is 12.2. The average molecular weight is 292 g/mol. The molecule has 3 heterocycles. The lowest BCUT2D eigenvalue weighted by atomic mass is 10.2. The smallest absolute Gasteiger partial charge is 0.193 e. The molecule has 108 valence electrons. The van der Waals surface area contributed by atoms with Crippen LogP contribution in [-0.2, 0) is 0 Å². The fraction of sp³-hybridized carbons (Fsp3) is 0.0588. The lowest BCUT2D eigenvalue weighted by molar-refractivity contribution is 0.179. The number of hydrogen-bond donors (Lipinski definition) is 0. The number of nitrogens with zero attached hydrogens (tertiary/aromatic N) is 2. The zero-order valence-corrected chi connectivity index (χ0v) is 11.8. The highest BCUT2D eigenvalue weighted by atomic mass is 16.6. The van der Waals surface area contributed by atoms with Crippen molar-refractivity contribution in [3.63, 3.8) is 0 Å². The first kappa shape index (κ1) is 12.6. The predicted octanol–water partition coefficient (Wildman–Crippen LogP) is 2.87. The second kappa shape index (κ2) is 4.73. The van der Waals surface area contributed by atoms with Gasteiger partial charge in [0.25, 0.3) is 0 Å². The van der Waals surface area contributed by atoms with Crippen LogP contribution in [0.1, 0.15) is 0 Å². The van der Waals surface area contributed by atoms with E-state index in [-0.39, 0.29) is 5.43 Å². The predicted molar refractivity (Wildman–Crippen MR) is 83.7 cm³/mol. The summed E-state index contributed by atoms with van der Waals surface area (Å²) in [4.78, 5) is 21.7. The maximum Gasteiger partial charge on any atom is 0.193 e. The van der Waals surface area contributed by atoms with Crippen LogP contribution in [-0.4, -0.2) is 16.8 Å². The third kappa shape index (κ3) is 1.87. The standard InChI is InChI=1S/C17H12N2O3/c1-21-19-7-6-11-8-13(18-10-14(11)19)17-9-15(20)12-4-2-3-5-16(12)22-17/h2-10H,1H3. The fourth-order valence-electron chi connectivity index (χ4n) is 2.53. The van der Waals surface area contributed by atoms with Crippen LogP contribution in [0, 0.1) is 0 Å². The van der Waals surface area contributed by atoms with Crippen molar-refractivity contribution in [1.29, 1.82) is 0 Å². The summed E-state index contributed by atoms with van der Waals surface area (Å²) in [6.45, 7) is 0. The number of hydrogen-bond acceptors (Lipinski definition) is 4. The van der Waals surface area contributed by atoms with Crippen molar-refractivity contribution < 1.29 is 9.25 Å². The van der Waals surface area contributed by atoms with E-state index in [9.17, 15) is 4.79 Å². The van der Waals surface area contributed by atoms with Crippen molar-refractivity contribution in [3.8, 4) is 11.5 Å². The molecule has 0 saturated heterocycles. The molecule has 0 aliphatic carbocycles. The molecule has 0 amide bonds. The first-order valence-electron chi connectivity index (χ1n) is 6.81. The molecule has 5 nitrogen and oxygen atoms in total. The number of pyridine rings is 1. The Bertz CT molecular complexity index is 1050. The summed E-state index contributed by atoms with van der Waals surface area (Å²) in [5.74, 6) is 0.454. The van der Waals surface area contributed by atoms with E-state index in [4.69, 9.17) is 9.25 Å². The normalized spacial score (nSPS) is 11.1. The first-order valence-corrected chi connectivity index (χ1v) is 6.81. The number of benzene rings is 1. The summed E-state index contributed by atoms with van der Waals surface area (Å²) in [6.07, 6.45) is 3.51. The number of para-hydroxylation sites is 1. The molecule has 0 saturated carbocycles. The van der Waals surface area contributed by atoms with E-state index in [1.54, 1.807) is 30.2 Å². The van der Waals surface area contributed by atoms with Crippen molar-refractivity contribution >= 4 is 21.9 Å². The Labute approximate surface area is 125 Å². The number of aromatic nitrogens is 2. The van der Waals surface area contributed by atoms with E-state index in [0.29, 0.717) is 22.4 Å². The van der Waals surface area contributed by atoms with Crippen molar-refractivity contribution in [1.82, 2.24) is 9.71 Å². The van der Waals surface area contributed by atoms with Gasteiger partial charge in [0.1, 0.15) is 23.9 Å². The van der Waals surface area contributed by atoms with Gasteiger partial charge in [-0.1, -0.05) is 12.1 Å². The molecular formula is C17H12N2O3. The molecule has 0 fully saturated rings. The molecule has 3 aromatic heterocycles. The summed E-state index contributed by atoms with van der Waals surface area (Å²) in [5, 5.41) is 1.53. The molecule has 0 bridgehead atoms. The molecule has 1 aromatic carbocycles. The SMILES string of the molecule is COn1ccc2cc(-c3cc(=O)c4ccccc4o3)ncc21. The van der Waals surface area contributed by atoms with Gasteiger partial charge in [-0.25, -0.2) is 0 Å². The van der Waals surface area contributed by atoms with Gasteiger partial charge in [-0.2, -0.15) is 4.73 Å². The van der Waals surface area contributed by atoms with E-state index < -0.39 is 0 Å². The minimum Gasteiger partial charge on any atom is -0.454 e. The van der Waals surface area contributed by atoms with Crippen LogP contribution in [0.5, 0.6) is 0 Å². The number of rotatable bonds is 2. The number of fused-ring (bicyclic) bond motifs is 2. The molecule has 0 spiro atoms.